The summed E-state index contributed by atoms with van der Waals surface area (Å²) in [5.41, 5.74) is 5.58. The highest BCUT2D eigenvalue weighted by atomic mass is 32.1. The number of nitrogens with zero attached hydrogens (tertiary/aromatic N) is 1. The molecule has 1 aromatic heterocycles. The van der Waals surface area contributed by atoms with E-state index in [2.05, 4.69) is 34.6 Å². The van der Waals surface area contributed by atoms with Crippen LogP contribution in [0.4, 0.5) is 0 Å². The number of carbonyl (C=O) groups excluding carboxylic acids is 1. The Morgan fingerprint density at radius 2 is 1.79 bits per heavy atom. The Kier molecular flexibility index (Phi) is 9.57. The maximum atomic E-state index is 8.00. The SMILES string of the molecule is C=O.CC.CNCc1ccc(-c2scnc2C)cc1. The van der Waals surface area contributed by atoms with Crippen LogP contribution in [0.3, 0.4) is 0 Å². The van der Waals surface area contributed by atoms with Gasteiger partial charge in [0.25, 0.3) is 0 Å². The maximum Gasteiger partial charge on any atom is 0.106 e. The quantitative estimate of drug-likeness (QED) is 0.931. The summed E-state index contributed by atoms with van der Waals surface area (Å²) in [5, 5.41) is 3.14. The average molecular weight is 278 g/mol. The number of aromatic nitrogens is 1. The van der Waals surface area contributed by atoms with Crippen molar-refractivity contribution < 1.29 is 4.79 Å². The van der Waals surface area contributed by atoms with Crippen LogP contribution in [0.5, 0.6) is 0 Å². The van der Waals surface area contributed by atoms with Gasteiger partial charge in [-0.1, -0.05) is 38.1 Å². The van der Waals surface area contributed by atoms with Crippen LogP contribution in [0.1, 0.15) is 25.1 Å². The minimum atomic E-state index is 0.919. The molecule has 104 valence electrons. The van der Waals surface area contributed by atoms with E-state index in [1.54, 1.807) is 11.3 Å². The molecule has 0 spiro atoms. The van der Waals surface area contributed by atoms with Crippen molar-refractivity contribution in [3.63, 3.8) is 0 Å². The molecule has 0 atom stereocenters. The molecule has 2 rings (SSSR count). The molecule has 0 saturated heterocycles. The van der Waals surface area contributed by atoms with E-state index in [9.17, 15) is 0 Å². The van der Waals surface area contributed by atoms with E-state index < -0.39 is 0 Å². The fourth-order valence-corrected chi connectivity index (χ4v) is 2.37. The van der Waals surface area contributed by atoms with E-state index in [1.165, 1.54) is 16.0 Å². The molecule has 0 fully saturated rings. The van der Waals surface area contributed by atoms with Gasteiger partial charge < -0.3 is 10.1 Å². The van der Waals surface area contributed by atoms with Gasteiger partial charge in [-0.3, -0.25) is 0 Å². The number of carbonyl (C=O) groups is 1. The molecular weight excluding hydrogens is 256 g/mol. The third-order valence-corrected chi connectivity index (χ3v) is 3.32. The Labute approximate surface area is 119 Å². The Bertz CT molecular complexity index is 451. The van der Waals surface area contributed by atoms with Gasteiger partial charge in [0.05, 0.1) is 16.1 Å². The van der Waals surface area contributed by atoms with Crippen molar-refractivity contribution in [2.75, 3.05) is 7.05 Å². The van der Waals surface area contributed by atoms with Crippen LogP contribution in [0.15, 0.2) is 29.8 Å². The number of aryl methyl sites for hydroxylation is 1. The van der Waals surface area contributed by atoms with Crippen LogP contribution in [-0.2, 0) is 11.3 Å². The summed E-state index contributed by atoms with van der Waals surface area (Å²) >= 11 is 1.70. The number of hydrogen-bond acceptors (Lipinski definition) is 4. The summed E-state index contributed by atoms with van der Waals surface area (Å²) < 4.78 is 0. The lowest BCUT2D eigenvalue weighted by atomic mass is 10.1. The van der Waals surface area contributed by atoms with Gasteiger partial charge in [0, 0.05) is 6.54 Å². The molecule has 0 aliphatic heterocycles. The van der Waals surface area contributed by atoms with E-state index in [0.717, 1.165) is 12.2 Å². The van der Waals surface area contributed by atoms with Gasteiger partial charge in [0.2, 0.25) is 0 Å². The summed E-state index contributed by atoms with van der Waals surface area (Å²) in [6, 6.07) is 8.64. The topological polar surface area (TPSA) is 42.0 Å². The van der Waals surface area contributed by atoms with Gasteiger partial charge in [-0.15, -0.1) is 11.3 Å². The molecule has 0 unspecified atom stereocenters. The number of thiazole rings is 1. The highest BCUT2D eigenvalue weighted by Crippen LogP contribution is 2.26. The zero-order valence-electron chi connectivity index (χ0n) is 12.1. The molecule has 3 nitrogen and oxygen atoms in total. The van der Waals surface area contributed by atoms with Crippen LogP contribution in [0.25, 0.3) is 10.4 Å². The van der Waals surface area contributed by atoms with Crippen molar-refractivity contribution in [3.05, 3.63) is 41.0 Å². The Morgan fingerprint density at radius 1 is 1.21 bits per heavy atom. The van der Waals surface area contributed by atoms with Crippen LogP contribution in [-0.4, -0.2) is 18.8 Å². The first kappa shape index (κ1) is 17.5. The highest BCUT2D eigenvalue weighted by molar-refractivity contribution is 7.13. The lowest BCUT2D eigenvalue weighted by Crippen LogP contribution is -2.04. The van der Waals surface area contributed by atoms with E-state index in [4.69, 9.17) is 4.79 Å². The molecule has 0 saturated carbocycles. The van der Waals surface area contributed by atoms with Crippen LogP contribution >= 0.6 is 11.3 Å². The molecule has 0 radical (unpaired) electrons. The van der Waals surface area contributed by atoms with Crippen molar-refractivity contribution >= 4 is 18.1 Å². The first-order valence-corrected chi connectivity index (χ1v) is 7.12. The average Bonchev–Trinajstić information content (AvgIpc) is 2.91. The zero-order valence-corrected chi connectivity index (χ0v) is 12.9. The third-order valence-electron chi connectivity index (χ3n) is 2.34. The number of rotatable bonds is 3. The second-order valence-corrected chi connectivity index (χ2v) is 4.35. The number of hydrogen-bond donors (Lipinski definition) is 1. The summed E-state index contributed by atoms with van der Waals surface area (Å²) in [5.74, 6) is 0. The van der Waals surface area contributed by atoms with Crippen LogP contribution in [0.2, 0.25) is 0 Å². The third kappa shape index (κ3) is 5.32. The summed E-state index contributed by atoms with van der Waals surface area (Å²) in [7, 11) is 1.96. The highest BCUT2D eigenvalue weighted by Gasteiger charge is 2.03. The van der Waals surface area contributed by atoms with Gasteiger partial charge in [0.15, 0.2) is 0 Å². The van der Waals surface area contributed by atoms with Crippen LogP contribution < -0.4 is 5.32 Å². The normalized spacial score (nSPS) is 8.84. The van der Waals surface area contributed by atoms with Gasteiger partial charge in [0.1, 0.15) is 6.79 Å². The molecule has 0 aliphatic carbocycles. The molecule has 0 bridgehead atoms. The summed E-state index contributed by atoms with van der Waals surface area (Å²) in [4.78, 5) is 13.5. The van der Waals surface area contributed by atoms with E-state index >= 15 is 0 Å². The second kappa shape index (κ2) is 10.4. The molecule has 0 amide bonds. The largest absolute Gasteiger partial charge is 0.316 e. The zero-order chi connectivity index (χ0) is 14.7. The maximum absolute atomic E-state index is 8.00. The monoisotopic (exact) mass is 278 g/mol. The summed E-state index contributed by atoms with van der Waals surface area (Å²) in [6.45, 7) is 8.97. The van der Waals surface area contributed by atoms with E-state index in [1.807, 2.05) is 40.1 Å². The molecule has 1 N–H and O–H groups in total. The molecular formula is C15H22N2OS. The number of benzene rings is 1. The lowest BCUT2D eigenvalue weighted by molar-refractivity contribution is -0.0979. The standard InChI is InChI=1S/C12H14N2S.C2H6.CH2O/c1-9-12(15-8-14-9)11-5-3-10(4-6-11)7-13-2;2*1-2/h3-6,8,13H,7H2,1-2H3;1-2H3;1H2. The molecule has 1 heterocycles. The molecule has 4 heteroatoms. The minimum Gasteiger partial charge on any atom is -0.316 e. The first-order chi connectivity index (χ1) is 9.31. The fraction of sp³-hybridized carbons (Fsp3) is 0.333. The Hall–Kier alpha value is -1.52. The lowest BCUT2D eigenvalue weighted by Gasteiger charge is -2.02. The molecule has 0 aliphatic rings. The van der Waals surface area contributed by atoms with Crippen molar-refractivity contribution in [1.82, 2.24) is 10.3 Å². The second-order valence-electron chi connectivity index (χ2n) is 3.49. The number of nitrogens with one attached hydrogen (secondary N) is 1. The minimum absolute atomic E-state index is 0.919. The Morgan fingerprint density at radius 3 is 2.21 bits per heavy atom. The van der Waals surface area contributed by atoms with Gasteiger partial charge in [-0.25, -0.2) is 4.98 Å². The van der Waals surface area contributed by atoms with Crippen molar-refractivity contribution in [3.8, 4) is 10.4 Å². The summed E-state index contributed by atoms with van der Waals surface area (Å²) in [6.07, 6.45) is 0. The molecule has 1 aromatic carbocycles. The van der Waals surface area contributed by atoms with Gasteiger partial charge in [-0.2, -0.15) is 0 Å². The van der Waals surface area contributed by atoms with Crippen molar-refractivity contribution in [1.29, 1.82) is 0 Å². The Balaban J connectivity index is 0.000000741. The smallest absolute Gasteiger partial charge is 0.106 e. The predicted octanol–water partition coefficient (Wildman–Crippen LogP) is 3.68. The first-order valence-electron chi connectivity index (χ1n) is 6.24. The van der Waals surface area contributed by atoms with Crippen molar-refractivity contribution in [2.24, 2.45) is 0 Å². The molecule has 2 aromatic rings. The predicted molar refractivity (Wildman–Crippen MR) is 83.5 cm³/mol. The van der Waals surface area contributed by atoms with E-state index in [0.29, 0.717) is 0 Å². The fourth-order valence-electron chi connectivity index (χ4n) is 1.56. The van der Waals surface area contributed by atoms with Gasteiger partial charge >= 0.3 is 0 Å². The van der Waals surface area contributed by atoms with Gasteiger partial charge in [-0.05, 0) is 25.1 Å². The van der Waals surface area contributed by atoms with Crippen LogP contribution in [0, 0.1) is 6.92 Å². The van der Waals surface area contributed by atoms with Crippen molar-refractivity contribution in [2.45, 2.75) is 27.3 Å². The molecule has 19 heavy (non-hydrogen) atoms. The van der Waals surface area contributed by atoms with E-state index in [-0.39, 0.29) is 0 Å².